The van der Waals surface area contributed by atoms with Gasteiger partial charge in [-0.1, -0.05) is 6.08 Å². The Morgan fingerprint density at radius 2 is 1.33 bits per heavy atom. The average molecular weight is 134 g/mol. The summed E-state index contributed by atoms with van der Waals surface area (Å²) in [5, 5.41) is 0. The first-order valence-electron chi connectivity index (χ1n) is 2.22. The maximum absolute atomic E-state index is 10.1. The highest BCUT2D eigenvalue weighted by atomic mass is 19.3. The van der Waals surface area contributed by atoms with Gasteiger partial charge in [0.25, 0.3) is 6.08 Å². The molecule has 0 saturated carbocycles. The Hall–Kier alpha value is -0.920. The molecule has 0 aromatic heterocycles. The van der Waals surface area contributed by atoms with Gasteiger partial charge in [0.15, 0.2) is 0 Å². The second kappa shape index (κ2) is 27.6. The van der Waals surface area contributed by atoms with Crippen molar-refractivity contribution in [1.82, 2.24) is 0 Å². The van der Waals surface area contributed by atoms with Crippen molar-refractivity contribution in [2.75, 3.05) is 0 Å². The first-order valence-corrected chi connectivity index (χ1v) is 2.22. The van der Waals surface area contributed by atoms with E-state index in [1.54, 1.807) is 6.08 Å². The van der Waals surface area contributed by atoms with Crippen molar-refractivity contribution in [3.05, 3.63) is 38.5 Å². The number of allylic oxidation sites excluding steroid dienone is 1. The van der Waals surface area contributed by atoms with Crippen LogP contribution in [0.3, 0.4) is 0 Å². The highest BCUT2D eigenvalue weighted by molar-refractivity contribution is 4.57. The van der Waals surface area contributed by atoms with Crippen molar-refractivity contribution in [1.29, 1.82) is 0 Å². The van der Waals surface area contributed by atoms with Crippen LogP contribution < -0.4 is 0 Å². The Bertz CT molecular complexity index is 63.3. The second-order valence-electron chi connectivity index (χ2n) is 0.747. The summed E-state index contributed by atoms with van der Waals surface area (Å²) in [7, 11) is 0. The first kappa shape index (κ1) is 15.7. The van der Waals surface area contributed by atoms with Crippen molar-refractivity contribution in [3.8, 4) is 0 Å². The summed E-state index contributed by atoms with van der Waals surface area (Å²) in [6, 6.07) is 0. The largest absolute Gasteiger partial charge is 0.263 e. The molecule has 9 heavy (non-hydrogen) atoms. The van der Waals surface area contributed by atoms with Crippen molar-refractivity contribution in [2.24, 2.45) is 0 Å². The molecule has 0 bridgehead atoms. The normalized spacial score (nSPS) is 4.78. The van der Waals surface area contributed by atoms with Crippen LogP contribution in [0, 0.1) is 0 Å². The Morgan fingerprint density at radius 1 is 1.33 bits per heavy atom. The lowest BCUT2D eigenvalue weighted by Crippen LogP contribution is -1.33. The minimum absolute atomic E-state index is 1.75. The van der Waals surface area contributed by atoms with Gasteiger partial charge in [-0.25, -0.2) is 0 Å². The average Bonchev–Trinajstić information content (AvgIpc) is 1.71. The standard InChI is InChI=1S/C3H6.C2H2F2.C2H4/c1-3-2;1-2(3)4;1-2/h3H,1H2,2H3;1H2;1-2H2. The van der Waals surface area contributed by atoms with Gasteiger partial charge >= 0.3 is 0 Å². The van der Waals surface area contributed by atoms with E-state index in [1.165, 1.54) is 0 Å². The van der Waals surface area contributed by atoms with E-state index in [2.05, 4.69) is 26.3 Å². The van der Waals surface area contributed by atoms with Gasteiger partial charge in [0.2, 0.25) is 0 Å². The predicted octanol–water partition coefficient (Wildman–Crippen LogP) is 3.39. The molecule has 0 rings (SSSR count). The lowest BCUT2D eigenvalue weighted by molar-refractivity contribution is 0.426. The fourth-order valence-corrected chi connectivity index (χ4v) is 0. The molecule has 0 aliphatic rings. The van der Waals surface area contributed by atoms with E-state index in [1.807, 2.05) is 6.92 Å². The van der Waals surface area contributed by atoms with Crippen LogP contribution in [-0.4, -0.2) is 0 Å². The lowest BCUT2D eigenvalue weighted by atomic mass is 10.8. The fourth-order valence-electron chi connectivity index (χ4n) is 0. The zero-order valence-electron chi connectivity index (χ0n) is 5.66. The van der Waals surface area contributed by atoms with Gasteiger partial charge < -0.3 is 0 Å². The summed E-state index contributed by atoms with van der Waals surface area (Å²) in [6.07, 6.45) is -0.0833. The van der Waals surface area contributed by atoms with Crippen LogP contribution in [0.1, 0.15) is 6.92 Å². The van der Waals surface area contributed by atoms with E-state index in [4.69, 9.17) is 0 Å². The molecule has 0 unspecified atom stereocenters. The van der Waals surface area contributed by atoms with E-state index >= 15 is 0 Å². The molecule has 0 amide bonds. The molecule has 0 nitrogen and oxygen atoms in total. The summed E-state index contributed by atoms with van der Waals surface area (Å²) in [5.41, 5.74) is 0. The zero-order valence-corrected chi connectivity index (χ0v) is 5.66. The number of rotatable bonds is 0. The van der Waals surface area contributed by atoms with E-state index < -0.39 is 6.08 Å². The maximum atomic E-state index is 10.1. The summed E-state index contributed by atoms with van der Waals surface area (Å²) in [5.74, 6) is 0. The van der Waals surface area contributed by atoms with Crippen molar-refractivity contribution < 1.29 is 8.78 Å². The van der Waals surface area contributed by atoms with Gasteiger partial charge in [-0.3, -0.25) is 0 Å². The minimum atomic E-state index is -1.83. The van der Waals surface area contributed by atoms with Crippen molar-refractivity contribution in [2.45, 2.75) is 6.92 Å². The molecular weight excluding hydrogens is 122 g/mol. The Balaban J connectivity index is -0.0000000646. The van der Waals surface area contributed by atoms with Crippen LogP contribution in [0.5, 0.6) is 0 Å². The van der Waals surface area contributed by atoms with Crippen LogP contribution in [-0.2, 0) is 0 Å². The SMILES string of the molecule is C=C.C=C(F)F.C=CC. The molecule has 0 spiro atoms. The van der Waals surface area contributed by atoms with Gasteiger partial charge in [0.05, 0.1) is 0 Å². The highest BCUT2D eigenvalue weighted by Crippen LogP contribution is 1.85. The molecule has 0 saturated heterocycles. The Labute approximate surface area is 55.2 Å². The van der Waals surface area contributed by atoms with Gasteiger partial charge in [-0.15, -0.1) is 19.7 Å². The smallest absolute Gasteiger partial charge is 0.174 e. The third kappa shape index (κ3) is 216. The van der Waals surface area contributed by atoms with Crippen LogP contribution in [0.4, 0.5) is 8.78 Å². The van der Waals surface area contributed by atoms with E-state index in [0.29, 0.717) is 0 Å². The molecule has 0 aliphatic carbocycles. The van der Waals surface area contributed by atoms with Crippen molar-refractivity contribution in [3.63, 3.8) is 0 Å². The first-order chi connectivity index (χ1) is 4.15. The van der Waals surface area contributed by atoms with E-state index in [0.717, 1.165) is 0 Å². The molecule has 0 N–H and O–H groups in total. The summed E-state index contributed by atoms with van der Waals surface area (Å²) >= 11 is 0. The predicted molar refractivity (Wildman–Crippen MR) is 38.5 cm³/mol. The Kier molecular flexibility index (Phi) is 48.1. The maximum Gasteiger partial charge on any atom is 0.263 e. The van der Waals surface area contributed by atoms with Gasteiger partial charge in [-0.05, 0) is 13.5 Å². The van der Waals surface area contributed by atoms with Crippen LogP contribution in [0.25, 0.3) is 0 Å². The molecule has 0 aromatic carbocycles. The molecular formula is C7H12F2. The highest BCUT2D eigenvalue weighted by Gasteiger charge is 1.65. The number of hydrogen-bond acceptors (Lipinski definition) is 0. The third-order valence-corrected chi connectivity index (χ3v) is 0. The third-order valence-electron chi connectivity index (χ3n) is 0. The quantitative estimate of drug-likeness (QED) is 0.445. The molecule has 0 aliphatic heterocycles. The molecule has 0 fully saturated rings. The second-order valence-corrected chi connectivity index (χ2v) is 0.747. The fraction of sp³-hybridized carbons (Fsp3) is 0.143. The van der Waals surface area contributed by atoms with Gasteiger partial charge in [-0.2, -0.15) is 8.78 Å². The number of halogens is 2. The molecule has 0 radical (unpaired) electrons. The Morgan fingerprint density at radius 3 is 1.33 bits per heavy atom. The van der Waals surface area contributed by atoms with E-state index in [-0.39, 0.29) is 0 Å². The molecule has 0 aromatic rings. The molecule has 54 valence electrons. The summed E-state index contributed by atoms with van der Waals surface area (Å²) in [4.78, 5) is 0. The zero-order chi connectivity index (χ0) is 8.28. The van der Waals surface area contributed by atoms with Crippen LogP contribution in [0.2, 0.25) is 0 Å². The lowest BCUT2D eigenvalue weighted by Gasteiger charge is -1.54. The molecule has 0 heterocycles. The number of hydrogen-bond donors (Lipinski definition) is 0. The van der Waals surface area contributed by atoms with Gasteiger partial charge in [0, 0.05) is 0 Å². The van der Waals surface area contributed by atoms with Crippen LogP contribution >= 0.6 is 0 Å². The minimum Gasteiger partial charge on any atom is -0.174 e. The van der Waals surface area contributed by atoms with Gasteiger partial charge in [0.1, 0.15) is 0 Å². The molecule has 2 heteroatoms. The summed E-state index contributed by atoms with van der Waals surface area (Å²) < 4.78 is 20.3. The topological polar surface area (TPSA) is 0 Å². The summed E-state index contributed by atoms with van der Waals surface area (Å²) in [6.45, 7) is 13.5. The van der Waals surface area contributed by atoms with Crippen molar-refractivity contribution >= 4 is 0 Å². The van der Waals surface area contributed by atoms with Crippen LogP contribution in [0.15, 0.2) is 38.5 Å². The molecule has 0 atom stereocenters. The van der Waals surface area contributed by atoms with E-state index in [9.17, 15) is 8.78 Å². The monoisotopic (exact) mass is 134 g/mol.